The van der Waals surface area contributed by atoms with Gasteiger partial charge in [-0.25, -0.2) is 0 Å². The van der Waals surface area contributed by atoms with Crippen molar-refractivity contribution in [3.63, 3.8) is 0 Å². The Morgan fingerprint density at radius 1 is 1.07 bits per heavy atom. The summed E-state index contributed by atoms with van der Waals surface area (Å²) >= 11 is 5.82. The summed E-state index contributed by atoms with van der Waals surface area (Å²) in [6.07, 6.45) is 3.48. The van der Waals surface area contributed by atoms with E-state index >= 15 is 0 Å². The highest BCUT2D eigenvalue weighted by atomic mass is 35.5. The highest BCUT2D eigenvalue weighted by Gasteiger charge is 1.99. The fourth-order valence-corrected chi connectivity index (χ4v) is 1.46. The molecule has 1 aromatic heterocycles. The van der Waals surface area contributed by atoms with Gasteiger partial charge in [0, 0.05) is 16.8 Å². The molecule has 1 aromatic carbocycles. The van der Waals surface area contributed by atoms with Gasteiger partial charge in [0.05, 0.1) is 13.3 Å². The molecule has 0 aliphatic carbocycles. The van der Waals surface area contributed by atoms with E-state index in [4.69, 9.17) is 16.3 Å². The summed E-state index contributed by atoms with van der Waals surface area (Å²) in [7, 11) is 1.63. The van der Waals surface area contributed by atoms with Crippen LogP contribution in [0.25, 0.3) is 11.1 Å². The Hall–Kier alpha value is -1.54. The van der Waals surface area contributed by atoms with Gasteiger partial charge in [-0.15, -0.1) is 0 Å². The first kappa shape index (κ1) is 9.99. The molecule has 0 bridgehead atoms. The summed E-state index contributed by atoms with van der Waals surface area (Å²) < 4.78 is 5.11. The van der Waals surface area contributed by atoms with E-state index in [1.165, 1.54) is 0 Å². The molecule has 15 heavy (non-hydrogen) atoms. The lowest BCUT2D eigenvalue weighted by molar-refractivity contribution is 0.413. The molecule has 3 heteroatoms. The second-order valence-corrected chi connectivity index (χ2v) is 3.56. The number of halogens is 1. The molecule has 0 radical (unpaired) electrons. The summed E-state index contributed by atoms with van der Waals surface area (Å²) in [5.41, 5.74) is 2.09. The number of hydrogen-bond acceptors (Lipinski definition) is 2. The second-order valence-electron chi connectivity index (χ2n) is 3.12. The van der Waals surface area contributed by atoms with Crippen LogP contribution in [0.4, 0.5) is 0 Å². The summed E-state index contributed by atoms with van der Waals surface area (Å²) in [5, 5.41) is 0.731. The lowest BCUT2D eigenvalue weighted by Gasteiger charge is -2.03. The fraction of sp³-hybridized carbons (Fsp3) is 0.0833. The van der Waals surface area contributed by atoms with Crippen molar-refractivity contribution in [3.05, 3.63) is 47.7 Å². The van der Waals surface area contributed by atoms with Crippen LogP contribution in [0.3, 0.4) is 0 Å². The van der Waals surface area contributed by atoms with Gasteiger partial charge in [-0.3, -0.25) is 4.98 Å². The lowest BCUT2D eigenvalue weighted by atomic mass is 10.1. The molecule has 0 saturated carbocycles. The molecule has 0 atom stereocenters. The lowest BCUT2D eigenvalue weighted by Crippen LogP contribution is -1.85. The summed E-state index contributed by atoms with van der Waals surface area (Å²) in [5.74, 6) is 0.752. The molecule has 76 valence electrons. The molecule has 0 spiro atoms. The molecule has 2 rings (SSSR count). The topological polar surface area (TPSA) is 22.1 Å². The van der Waals surface area contributed by atoms with Crippen molar-refractivity contribution in [3.8, 4) is 16.9 Å². The van der Waals surface area contributed by atoms with Crippen molar-refractivity contribution in [1.29, 1.82) is 0 Å². The van der Waals surface area contributed by atoms with Crippen LogP contribution in [0.1, 0.15) is 0 Å². The van der Waals surface area contributed by atoms with Crippen LogP contribution in [0, 0.1) is 0 Å². The zero-order chi connectivity index (χ0) is 10.7. The maximum absolute atomic E-state index is 5.82. The first-order chi connectivity index (χ1) is 7.29. The Morgan fingerprint density at radius 2 is 1.80 bits per heavy atom. The number of rotatable bonds is 2. The summed E-state index contributed by atoms with van der Waals surface area (Å²) in [6.45, 7) is 0. The Labute approximate surface area is 93.5 Å². The van der Waals surface area contributed by atoms with Crippen LogP contribution in [0.5, 0.6) is 5.75 Å². The van der Waals surface area contributed by atoms with Crippen LogP contribution in [-0.4, -0.2) is 12.1 Å². The van der Waals surface area contributed by atoms with Crippen molar-refractivity contribution < 1.29 is 4.74 Å². The fourth-order valence-electron chi connectivity index (χ4n) is 1.33. The third kappa shape index (κ3) is 2.28. The van der Waals surface area contributed by atoms with E-state index in [0.29, 0.717) is 0 Å². The van der Waals surface area contributed by atoms with Gasteiger partial charge in [0.15, 0.2) is 0 Å². The van der Waals surface area contributed by atoms with Crippen LogP contribution < -0.4 is 4.74 Å². The first-order valence-electron chi connectivity index (χ1n) is 4.54. The number of ether oxygens (including phenoxy) is 1. The van der Waals surface area contributed by atoms with Gasteiger partial charge in [-0.05, 0) is 23.8 Å². The number of hydrogen-bond donors (Lipinski definition) is 0. The van der Waals surface area contributed by atoms with Crippen LogP contribution in [0.2, 0.25) is 5.02 Å². The quantitative estimate of drug-likeness (QED) is 0.772. The number of benzene rings is 1. The molecule has 0 aliphatic heterocycles. The number of aromatic nitrogens is 1. The summed E-state index contributed by atoms with van der Waals surface area (Å²) in [6, 6.07) is 9.57. The van der Waals surface area contributed by atoms with Gasteiger partial charge >= 0.3 is 0 Å². The number of methoxy groups -OCH3 is 1. The third-order valence-corrected chi connectivity index (χ3v) is 2.38. The van der Waals surface area contributed by atoms with E-state index < -0.39 is 0 Å². The van der Waals surface area contributed by atoms with E-state index in [2.05, 4.69) is 4.98 Å². The third-order valence-electron chi connectivity index (χ3n) is 2.13. The molecule has 0 fully saturated rings. The maximum atomic E-state index is 5.82. The molecule has 2 aromatic rings. The van der Waals surface area contributed by atoms with Gasteiger partial charge in [0.1, 0.15) is 5.75 Å². The predicted molar refractivity (Wildman–Crippen MR) is 61.2 cm³/mol. The summed E-state index contributed by atoms with van der Waals surface area (Å²) in [4.78, 5) is 4.10. The smallest absolute Gasteiger partial charge is 0.137 e. The zero-order valence-electron chi connectivity index (χ0n) is 8.27. The molecule has 2 nitrogen and oxygen atoms in total. The average molecular weight is 220 g/mol. The van der Waals surface area contributed by atoms with Crippen molar-refractivity contribution in [1.82, 2.24) is 4.98 Å². The molecular weight excluding hydrogens is 210 g/mol. The first-order valence-corrected chi connectivity index (χ1v) is 4.92. The van der Waals surface area contributed by atoms with Gasteiger partial charge < -0.3 is 4.74 Å². The average Bonchev–Trinajstić information content (AvgIpc) is 2.30. The molecular formula is C12H10ClNO. The Bertz CT molecular complexity index is 453. The van der Waals surface area contributed by atoms with Crippen LogP contribution >= 0.6 is 11.6 Å². The zero-order valence-corrected chi connectivity index (χ0v) is 9.03. The molecule has 0 unspecified atom stereocenters. The number of nitrogens with zero attached hydrogens (tertiary/aromatic N) is 1. The minimum Gasteiger partial charge on any atom is -0.495 e. The molecule has 0 saturated heterocycles. The van der Waals surface area contributed by atoms with Gasteiger partial charge in [-0.2, -0.15) is 0 Å². The number of pyridine rings is 1. The van der Waals surface area contributed by atoms with E-state index in [9.17, 15) is 0 Å². The van der Waals surface area contributed by atoms with Crippen molar-refractivity contribution in [2.45, 2.75) is 0 Å². The van der Waals surface area contributed by atoms with Gasteiger partial charge in [-0.1, -0.05) is 23.7 Å². The monoisotopic (exact) mass is 219 g/mol. The molecule has 0 amide bonds. The molecule has 0 N–H and O–H groups in total. The Balaban J connectivity index is 2.40. The van der Waals surface area contributed by atoms with Gasteiger partial charge in [0.25, 0.3) is 0 Å². The SMILES string of the molecule is COc1cncc(-c2ccc(Cl)cc2)c1. The van der Waals surface area contributed by atoms with Crippen molar-refractivity contribution >= 4 is 11.6 Å². The van der Waals surface area contributed by atoms with E-state index in [1.807, 2.05) is 30.3 Å². The minimum absolute atomic E-state index is 0.731. The van der Waals surface area contributed by atoms with Crippen LogP contribution in [0.15, 0.2) is 42.7 Å². The van der Waals surface area contributed by atoms with E-state index in [0.717, 1.165) is 21.9 Å². The standard InChI is InChI=1S/C12H10ClNO/c1-15-12-6-10(7-14-8-12)9-2-4-11(13)5-3-9/h2-8H,1H3. The highest BCUT2D eigenvalue weighted by molar-refractivity contribution is 6.30. The van der Waals surface area contributed by atoms with Gasteiger partial charge in [0.2, 0.25) is 0 Å². The molecule has 0 aliphatic rings. The van der Waals surface area contributed by atoms with E-state index in [1.54, 1.807) is 19.5 Å². The predicted octanol–water partition coefficient (Wildman–Crippen LogP) is 3.41. The normalized spacial score (nSPS) is 10.0. The van der Waals surface area contributed by atoms with E-state index in [-0.39, 0.29) is 0 Å². The largest absolute Gasteiger partial charge is 0.495 e. The van der Waals surface area contributed by atoms with Crippen LogP contribution in [-0.2, 0) is 0 Å². The minimum atomic E-state index is 0.731. The highest BCUT2D eigenvalue weighted by Crippen LogP contribution is 2.23. The maximum Gasteiger partial charge on any atom is 0.137 e. The Morgan fingerprint density at radius 3 is 2.47 bits per heavy atom. The second kappa shape index (κ2) is 4.32. The molecule has 1 heterocycles. The Kier molecular flexibility index (Phi) is 2.88. The van der Waals surface area contributed by atoms with Crippen molar-refractivity contribution in [2.75, 3.05) is 7.11 Å². The van der Waals surface area contributed by atoms with Crippen molar-refractivity contribution in [2.24, 2.45) is 0 Å².